The van der Waals surface area contributed by atoms with Crippen molar-refractivity contribution >= 4 is 23.4 Å². The van der Waals surface area contributed by atoms with Gasteiger partial charge in [0.2, 0.25) is 0 Å². The molecular weight excluding hydrogens is 462 g/mol. The van der Waals surface area contributed by atoms with Crippen LogP contribution in [0.4, 0.5) is 5.69 Å². The highest BCUT2D eigenvalue weighted by molar-refractivity contribution is 6.13. The molecule has 1 fully saturated rings. The van der Waals surface area contributed by atoms with Gasteiger partial charge in [0.25, 0.3) is 0 Å². The van der Waals surface area contributed by atoms with E-state index in [9.17, 15) is 15.0 Å². The number of halogens is 1. The molecule has 0 aliphatic carbocycles. The molecule has 3 aromatic carbocycles. The fourth-order valence-electron chi connectivity index (χ4n) is 4.82. The Morgan fingerprint density at radius 2 is 1.62 bits per heavy atom. The first kappa shape index (κ1) is 21.0. The first-order valence-corrected chi connectivity index (χ1v) is 10.8. The number of phenols is 2. The summed E-state index contributed by atoms with van der Waals surface area (Å²) in [6, 6.07) is 14.7. The lowest BCUT2D eigenvalue weighted by Gasteiger charge is -2.37. The van der Waals surface area contributed by atoms with E-state index in [4.69, 9.17) is 27.1 Å². The maximum Gasteiger partial charge on any atom is 0.342 e. The van der Waals surface area contributed by atoms with Crippen molar-refractivity contribution in [3.63, 3.8) is 0 Å². The standard InChI is InChI=1S/C23H20ClN5O5/c24-27-10-28(25)12-29(11-27)26-18-3-1-2-17-21(18)22(32)34-23(17)15-6-4-13(30)8-19(15)33-20-9-14(31)5-7-16(20)23/h1-9,26,30-31H,10-12,25H2. The Balaban J connectivity index is 1.53. The number of fused-ring (bicyclic) bond motifs is 6. The van der Waals surface area contributed by atoms with Crippen molar-refractivity contribution in [2.75, 3.05) is 25.4 Å². The summed E-state index contributed by atoms with van der Waals surface area (Å²) < 4.78 is 13.6. The van der Waals surface area contributed by atoms with E-state index in [2.05, 4.69) is 5.43 Å². The van der Waals surface area contributed by atoms with Gasteiger partial charge in [-0.1, -0.05) is 12.1 Å². The van der Waals surface area contributed by atoms with Crippen molar-refractivity contribution in [1.29, 1.82) is 0 Å². The molecule has 5 N–H and O–H groups in total. The number of hydrogen-bond acceptors (Lipinski definition) is 10. The molecule has 6 rings (SSSR count). The predicted octanol–water partition coefficient (Wildman–Crippen LogP) is 2.81. The van der Waals surface area contributed by atoms with E-state index in [1.807, 2.05) is 12.1 Å². The quantitative estimate of drug-likeness (QED) is 0.247. The van der Waals surface area contributed by atoms with E-state index in [0.717, 1.165) is 0 Å². The Labute approximate surface area is 199 Å². The average molecular weight is 482 g/mol. The highest BCUT2D eigenvalue weighted by Crippen LogP contribution is 2.57. The Morgan fingerprint density at radius 3 is 2.26 bits per heavy atom. The van der Waals surface area contributed by atoms with Gasteiger partial charge in [-0.15, -0.1) is 0 Å². The van der Waals surface area contributed by atoms with Crippen molar-refractivity contribution in [3.05, 3.63) is 76.9 Å². The minimum Gasteiger partial charge on any atom is -0.508 e. The van der Waals surface area contributed by atoms with Gasteiger partial charge in [-0.3, -0.25) is 5.84 Å². The molecule has 10 nitrogen and oxygen atoms in total. The summed E-state index contributed by atoms with van der Waals surface area (Å²) in [7, 11) is 0. The van der Waals surface area contributed by atoms with E-state index < -0.39 is 11.6 Å². The van der Waals surface area contributed by atoms with E-state index >= 15 is 0 Å². The van der Waals surface area contributed by atoms with Gasteiger partial charge >= 0.3 is 5.97 Å². The van der Waals surface area contributed by atoms with Crippen LogP contribution in [0.25, 0.3) is 0 Å². The fourth-order valence-corrected chi connectivity index (χ4v) is 5.08. The molecule has 174 valence electrons. The largest absolute Gasteiger partial charge is 0.508 e. The second-order valence-electron chi connectivity index (χ2n) is 8.39. The van der Waals surface area contributed by atoms with Crippen LogP contribution in [0.15, 0.2) is 54.6 Å². The van der Waals surface area contributed by atoms with Gasteiger partial charge in [0.1, 0.15) is 23.0 Å². The minimum atomic E-state index is -1.32. The van der Waals surface area contributed by atoms with E-state index in [1.165, 1.54) is 33.7 Å². The number of nitrogens with two attached hydrogens (primary N) is 1. The van der Waals surface area contributed by atoms with Gasteiger partial charge in [-0.2, -0.15) is 9.43 Å². The van der Waals surface area contributed by atoms with Crippen molar-refractivity contribution in [2.24, 2.45) is 5.84 Å². The molecule has 0 bridgehead atoms. The molecule has 3 heterocycles. The molecular formula is C23H20ClN5O5. The van der Waals surface area contributed by atoms with Crippen molar-refractivity contribution in [2.45, 2.75) is 5.60 Å². The van der Waals surface area contributed by atoms with Crippen LogP contribution in [0.3, 0.4) is 0 Å². The minimum absolute atomic E-state index is 0.000432. The number of hydrazine groups is 2. The number of esters is 1. The number of carbonyl (C=O) groups excluding carboxylic acids is 1. The smallest absolute Gasteiger partial charge is 0.342 e. The summed E-state index contributed by atoms with van der Waals surface area (Å²) in [4.78, 5) is 13.4. The lowest BCUT2D eigenvalue weighted by Crippen LogP contribution is -2.56. The number of carbonyl (C=O) groups is 1. The van der Waals surface area contributed by atoms with E-state index in [1.54, 1.807) is 23.2 Å². The number of nitrogens with one attached hydrogen (secondary N) is 1. The molecule has 0 aromatic heterocycles. The summed E-state index contributed by atoms with van der Waals surface area (Å²) >= 11 is 6.16. The van der Waals surface area contributed by atoms with Crippen LogP contribution in [0.5, 0.6) is 23.0 Å². The lowest BCUT2D eigenvalue weighted by molar-refractivity contribution is 0.0222. The SMILES string of the molecule is NN1CN(Cl)CN(Nc2cccc3c2C(=O)OC32c3ccc(O)cc3Oc3cc(O)ccc32)C1. The number of benzene rings is 3. The second kappa shape index (κ2) is 7.49. The lowest BCUT2D eigenvalue weighted by atomic mass is 9.77. The molecule has 0 radical (unpaired) electrons. The molecule has 3 aliphatic heterocycles. The Hall–Kier alpha value is -3.54. The van der Waals surface area contributed by atoms with E-state index in [0.29, 0.717) is 59.4 Å². The summed E-state index contributed by atoms with van der Waals surface area (Å²) in [6.07, 6.45) is 0. The molecule has 0 saturated carbocycles. The number of aromatic hydroxyl groups is 2. The number of phenolic OH excluding ortho intramolecular Hbond substituents is 2. The Kier molecular flexibility index (Phi) is 4.63. The summed E-state index contributed by atoms with van der Waals surface area (Å²) in [6.45, 7) is 1.15. The first-order chi connectivity index (χ1) is 16.3. The van der Waals surface area contributed by atoms with Crippen molar-refractivity contribution in [3.8, 4) is 23.0 Å². The topological polar surface area (TPSA) is 124 Å². The van der Waals surface area contributed by atoms with E-state index in [-0.39, 0.29) is 11.5 Å². The molecule has 1 spiro atoms. The molecule has 11 heteroatoms. The first-order valence-electron chi connectivity index (χ1n) is 10.5. The van der Waals surface area contributed by atoms with Gasteiger partial charge in [0.15, 0.2) is 5.60 Å². The molecule has 0 unspecified atom stereocenters. The summed E-state index contributed by atoms with van der Waals surface area (Å²) in [5.41, 5.74) is 4.53. The number of ether oxygens (including phenoxy) is 2. The van der Waals surface area contributed by atoms with Crippen LogP contribution in [0, 0.1) is 0 Å². The van der Waals surface area contributed by atoms with Crippen LogP contribution in [-0.2, 0) is 10.3 Å². The number of anilines is 1. The van der Waals surface area contributed by atoms with Crippen LogP contribution >= 0.6 is 11.8 Å². The van der Waals surface area contributed by atoms with Gasteiger partial charge < -0.3 is 25.1 Å². The van der Waals surface area contributed by atoms with Crippen LogP contribution in [0.2, 0.25) is 0 Å². The third-order valence-corrected chi connectivity index (χ3v) is 6.31. The van der Waals surface area contributed by atoms with Gasteiger partial charge in [-0.25, -0.2) is 9.80 Å². The van der Waals surface area contributed by atoms with Crippen LogP contribution in [0.1, 0.15) is 27.0 Å². The van der Waals surface area contributed by atoms with Gasteiger partial charge in [0, 0.05) is 28.8 Å². The molecule has 3 aliphatic rings. The van der Waals surface area contributed by atoms with Gasteiger partial charge in [-0.05, 0) is 42.1 Å². The van der Waals surface area contributed by atoms with Gasteiger partial charge in [0.05, 0.1) is 31.3 Å². The number of hydrogen-bond donors (Lipinski definition) is 4. The molecule has 0 atom stereocenters. The molecule has 3 aromatic rings. The fraction of sp³-hybridized carbons (Fsp3) is 0.174. The highest BCUT2D eigenvalue weighted by atomic mass is 35.5. The number of nitrogens with zero attached hydrogens (tertiary/aromatic N) is 3. The van der Waals surface area contributed by atoms with Crippen LogP contribution < -0.4 is 16.0 Å². The maximum absolute atomic E-state index is 13.4. The zero-order chi connectivity index (χ0) is 23.6. The van der Waals surface area contributed by atoms with Crippen molar-refractivity contribution in [1.82, 2.24) is 14.4 Å². The second-order valence-corrected chi connectivity index (χ2v) is 8.87. The Bertz CT molecular complexity index is 1270. The monoisotopic (exact) mass is 481 g/mol. The average Bonchev–Trinajstić information content (AvgIpc) is 3.06. The predicted molar refractivity (Wildman–Crippen MR) is 122 cm³/mol. The number of rotatable bonds is 2. The van der Waals surface area contributed by atoms with Crippen molar-refractivity contribution < 1.29 is 24.5 Å². The zero-order valence-corrected chi connectivity index (χ0v) is 18.5. The maximum atomic E-state index is 13.4. The summed E-state index contributed by atoms with van der Waals surface area (Å²) in [5.74, 6) is 6.05. The third-order valence-electron chi connectivity index (χ3n) is 6.09. The third kappa shape index (κ3) is 3.08. The molecule has 1 saturated heterocycles. The molecule has 34 heavy (non-hydrogen) atoms. The van der Waals surface area contributed by atoms with Crippen LogP contribution in [-0.4, -0.2) is 50.6 Å². The summed E-state index contributed by atoms with van der Waals surface area (Å²) in [5, 5.41) is 23.4. The Morgan fingerprint density at radius 1 is 0.941 bits per heavy atom. The zero-order valence-electron chi connectivity index (χ0n) is 17.7. The highest BCUT2D eigenvalue weighted by Gasteiger charge is 2.54. The normalized spacial score (nSPS) is 19.2. The molecule has 0 amide bonds.